The lowest BCUT2D eigenvalue weighted by molar-refractivity contribution is 0.206. The number of aromatic amines is 1. The van der Waals surface area contributed by atoms with Crippen molar-refractivity contribution in [3.05, 3.63) is 65.7 Å². The van der Waals surface area contributed by atoms with E-state index in [-0.39, 0.29) is 11.8 Å². The summed E-state index contributed by atoms with van der Waals surface area (Å²) < 4.78 is 13.2. The van der Waals surface area contributed by atoms with Gasteiger partial charge < -0.3 is 15.2 Å². The van der Waals surface area contributed by atoms with Gasteiger partial charge in [-0.1, -0.05) is 24.3 Å². The maximum atomic E-state index is 13.2. The molecule has 3 rings (SSSR count). The molecule has 0 aliphatic heterocycles. The molecule has 6 heteroatoms. The molecular formula is C19H21FN4O. The molecule has 3 aromatic rings. The number of rotatable bonds is 6. The number of para-hydroxylation sites is 2. The lowest BCUT2D eigenvalue weighted by Gasteiger charge is -2.18. The van der Waals surface area contributed by atoms with Crippen molar-refractivity contribution in [1.29, 1.82) is 0 Å². The molecule has 1 aromatic heterocycles. The lowest BCUT2D eigenvalue weighted by atomic mass is 10.2. The fourth-order valence-corrected chi connectivity index (χ4v) is 2.69. The topological polar surface area (TPSA) is 61.0 Å². The standard InChI is InChI=1S/C19H21FN4O/c1-24(13-14-6-4-7-15(20)12-14)19(25)21-11-5-10-18-22-16-8-2-3-9-17(16)23-18/h2-4,6-9,12H,5,10-11,13H2,1H3,(H,21,25)(H,22,23). The predicted octanol–water partition coefficient (Wildman–Crippen LogP) is 3.48. The van der Waals surface area contributed by atoms with Crippen LogP contribution in [0.3, 0.4) is 0 Å². The molecule has 0 aliphatic rings. The van der Waals surface area contributed by atoms with Gasteiger partial charge in [0.25, 0.3) is 0 Å². The van der Waals surface area contributed by atoms with E-state index < -0.39 is 0 Å². The van der Waals surface area contributed by atoms with Crippen LogP contribution in [0.5, 0.6) is 0 Å². The molecule has 0 aliphatic carbocycles. The zero-order chi connectivity index (χ0) is 17.6. The number of carbonyl (C=O) groups excluding carboxylic acids is 1. The van der Waals surface area contributed by atoms with Crippen LogP contribution in [0.25, 0.3) is 11.0 Å². The SMILES string of the molecule is CN(Cc1cccc(F)c1)C(=O)NCCCc1nc2ccccc2[nH]1. The molecule has 0 fully saturated rings. The zero-order valence-electron chi connectivity index (χ0n) is 14.1. The maximum Gasteiger partial charge on any atom is 0.317 e. The Hall–Kier alpha value is -2.89. The molecule has 0 unspecified atom stereocenters. The third kappa shape index (κ3) is 4.56. The number of aryl methyl sites for hydroxylation is 1. The van der Waals surface area contributed by atoms with E-state index in [4.69, 9.17) is 0 Å². The predicted molar refractivity (Wildman–Crippen MR) is 95.7 cm³/mol. The Balaban J connectivity index is 1.42. The van der Waals surface area contributed by atoms with Crippen LogP contribution in [-0.2, 0) is 13.0 Å². The third-order valence-electron chi connectivity index (χ3n) is 3.96. The number of nitrogens with one attached hydrogen (secondary N) is 2. The number of nitrogens with zero attached hydrogens (tertiary/aromatic N) is 2. The largest absolute Gasteiger partial charge is 0.342 e. The third-order valence-corrected chi connectivity index (χ3v) is 3.96. The van der Waals surface area contributed by atoms with Gasteiger partial charge in [-0.05, 0) is 36.2 Å². The first kappa shape index (κ1) is 17.0. The lowest BCUT2D eigenvalue weighted by Crippen LogP contribution is -2.37. The number of fused-ring (bicyclic) bond motifs is 1. The van der Waals surface area contributed by atoms with Gasteiger partial charge in [-0.2, -0.15) is 0 Å². The Labute approximate surface area is 145 Å². The van der Waals surface area contributed by atoms with Gasteiger partial charge in [0.05, 0.1) is 11.0 Å². The summed E-state index contributed by atoms with van der Waals surface area (Å²) in [6.07, 6.45) is 1.56. The van der Waals surface area contributed by atoms with E-state index in [1.165, 1.54) is 17.0 Å². The van der Waals surface area contributed by atoms with Gasteiger partial charge in [-0.25, -0.2) is 14.2 Å². The summed E-state index contributed by atoms with van der Waals surface area (Å²) in [7, 11) is 1.69. The van der Waals surface area contributed by atoms with Crippen LogP contribution >= 0.6 is 0 Å². The molecule has 5 nitrogen and oxygen atoms in total. The number of hydrogen-bond donors (Lipinski definition) is 2. The first-order valence-electron chi connectivity index (χ1n) is 8.29. The Kier molecular flexibility index (Phi) is 5.28. The monoisotopic (exact) mass is 340 g/mol. The number of carbonyl (C=O) groups is 1. The van der Waals surface area contributed by atoms with E-state index in [0.29, 0.717) is 13.1 Å². The molecule has 2 aromatic carbocycles. The number of imidazole rings is 1. The van der Waals surface area contributed by atoms with Crippen molar-refractivity contribution in [3.8, 4) is 0 Å². The normalized spacial score (nSPS) is 10.8. The van der Waals surface area contributed by atoms with E-state index in [2.05, 4.69) is 15.3 Å². The molecular weight excluding hydrogens is 319 g/mol. The molecule has 2 N–H and O–H groups in total. The summed E-state index contributed by atoms with van der Waals surface area (Å²) >= 11 is 0. The second kappa shape index (κ2) is 7.79. The van der Waals surface area contributed by atoms with Crippen molar-refractivity contribution >= 4 is 17.1 Å². The zero-order valence-corrected chi connectivity index (χ0v) is 14.1. The highest BCUT2D eigenvalue weighted by atomic mass is 19.1. The highest BCUT2D eigenvalue weighted by Crippen LogP contribution is 2.11. The molecule has 0 radical (unpaired) electrons. The Morgan fingerprint density at radius 3 is 2.88 bits per heavy atom. The average molecular weight is 340 g/mol. The number of aromatic nitrogens is 2. The van der Waals surface area contributed by atoms with Crippen molar-refractivity contribution in [2.45, 2.75) is 19.4 Å². The van der Waals surface area contributed by atoms with Crippen LogP contribution < -0.4 is 5.32 Å². The Bertz CT molecular complexity index is 828. The molecule has 1 heterocycles. The second-order valence-corrected chi connectivity index (χ2v) is 6.02. The van der Waals surface area contributed by atoms with Crippen molar-refractivity contribution in [2.75, 3.05) is 13.6 Å². The maximum absolute atomic E-state index is 13.2. The second-order valence-electron chi connectivity index (χ2n) is 6.02. The van der Waals surface area contributed by atoms with Crippen molar-refractivity contribution in [3.63, 3.8) is 0 Å². The van der Waals surface area contributed by atoms with Gasteiger partial charge in [0.2, 0.25) is 0 Å². The quantitative estimate of drug-likeness (QED) is 0.675. The van der Waals surface area contributed by atoms with Gasteiger partial charge in [-0.3, -0.25) is 0 Å². The smallest absolute Gasteiger partial charge is 0.317 e. The average Bonchev–Trinajstić information content (AvgIpc) is 3.01. The molecule has 2 amide bonds. The first-order valence-corrected chi connectivity index (χ1v) is 8.29. The van der Waals surface area contributed by atoms with Gasteiger partial charge in [0.1, 0.15) is 11.6 Å². The molecule has 0 bridgehead atoms. The summed E-state index contributed by atoms with van der Waals surface area (Å²) in [5.74, 6) is 0.626. The van der Waals surface area contributed by atoms with E-state index in [9.17, 15) is 9.18 Å². The van der Waals surface area contributed by atoms with Gasteiger partial charge >= 0.3 is 6.03 Å². The minimum Gasteiger partial charge on any atom is -0.342 e. The molecule has 25 heavy (non-hydrogen) atoms. The summed E-state index contributed by atoms with van der Waals surface area (Å²) in [6, 6.07) is 14.0. The van der Waals surface area contributed by atoms with Crippen LogP contribution in [0.4, 0.5) is 9.18 Å². The van der Waals surface area contributed by atoms with Crippen LogP contribution in [0.1, 0.15) is 17.8 Å². The fraction of sp³-hybridized carbons (Fsp3) is 0.263. The van der Waals surface area contributed by atoms with Crippen LogP contribution in [0.15, 0.2) is 48.5 Å². The molecule has 0 spiro atoms. The first-order chi connectivity index (χ1) is 12.1. The van der Waals surface area contributed by atoms with Gasteiger partial charge in [0.15, 0.2) is 0 Å². The molecule has 0 saturated carbocycles. The van der Waals surface area contributed by atoms with Gasteiger partial charge in [-0.15, -0.1) is 0 Å². The highest BCUT2D eigenvalue weighted by Gasteiger charge is 2.09. The van der Waals surface area contributed by atoms with E-state index in [1.807, 2.05) is 24.3 Å². The summed E-state index contributed by atoms with van der Waals surface area (Å²) in [6.45, 7) is 0.927. The van der Waals surface area contributed by atoms with E-state index in [0.717, 1.165) is 35.3 Å². The number of hydrogen-bond acceptors (Lipinski definition) is 2. The van der Waals surface area contributed by atoms with Crippen LogP contribution in [0.2, 0.25) is 0 Å². The summed E-state index contributed by atoms with van der Waals surface area (Å²) in [4.78, 5) is 21.4. The highest BCUT2D eigenvalue weighted by molar-refractivity contribution is 5.75. The van der Waals surface area contributed by atoms with Crippen molar-refractivity contribution in [2.24, 2.45) is 0 Å². The molecule has 130 valence electrons. The minimum atomic E-state index is -0.294. The number of urea groups is 1. The summed E-state index contributed by atoms with van der Waals surface area (Å²) in [5, 5.41) is 2.87. The van der Waals surface area contributed by atoms with Crippen molar-refractivity contribution < 1.29 is 9.18 Å². The van der Waals surface area contributed by atoms with Crippen molar-refractivity contribution in [1.82, 2.24) is 20.2 Å². The number of benzene rings is 2. The van der Waals surface area contributed by atoms with Gasteiger partial charge in [0, 0.05) is 26.6 Å². The Morgan fingerprint density at radius 2 is 2.08 bits per heavy atom. The number of amides is 2. The molecule has 0 saturated heterocycles. The van der Waals surface area contributed by atoms with E-state index >= 15 is 0 Å². The molecule has 0 atom stereocenters. The van der Waals surface area contributed by atoms with E-state index in [1.54, 1.807) is 19.2 Å². The van der Waals surface area contributed by atoms with Crippen LogP contribution in [-0.4, -0.2) is 34.5 Å². The minimum absolute atomic E-state index is 0.172. The number of H-pyrrole nitrogens is 1. The number of halogens is 1. The Morgan fingerprint density at radius 1 is 1.24 bits per heavy atom. The fourth-order valence-electron chi connectivity index (χ4n) is 2.69. The summed E-state index contributed by atoms with van der Waals surface area (Å²) in [5.41, 5.74) is 2.74. The van der Waals surface area contributed by atoms with Crippen LogP contribution in [0, 0.1) is 5.82 Å².